The van der Waals surface area contributed by atoms with Crippen molar-refractivity contribution in [1.29, 1.82) is 0 Å². The molecule has 0 N–H and O–H groups in total. The van der Waals surface area contributed by atoms with Crippen molar-refractivity contribution in [2.75, 3.05) is 6.61 Å². The molecule has 2 aliphatic rings. The molecule has 1 aliphatic carbocycles. The number of carbonyl (C=O) groups is 1. The molecule has 0 saturated carbocycles. The lowest BCUT2D eigenvalue weighted by Crippen LogP contribution is -2.41. The Labute approximate surface area is 128 Å². The van der Waals surface area contributed by atoms with E-state index >= 15 is 0 Å². The first-order chi connectivity index (χ1) is 9.68. The molecule has 4 nitrogen and oxygen atoms in total. The van der Waals surface area contributed by atoms with Crippen LogP contribution in [-0.2, 0) is 18.8 Å². The summed E-state index contributed by atoms with van der Waals surface area (Å²) in [6, 6.07) is 0. The van der Waals surface area contributed by atoms with Gasteiger partial charge in [0.05, 0.1) is 23.7 Å². The fraction of sp³-hybridized carbons (Fsp3) is 0.812. The summed E-state index contributed by atoms with van der Waals surface area (Å²) in [5, 5.41) is 0. The van der Waals surface area contributed by atoms with E-state index in [2.05, 4.69) is 40.7 Å². The van der Waals surface area contributed by atoms with Crippen LogP contribution in [0.15, 0.2) is 11.5 Å². The van der Waals surface area contributed by atoms with Gasteiger partial charge in [0.15, 0.2) is 0 Å². The lowest BCUT2D eigenvalue weighted by atomic mass is 9.67. The van der Waals surface area contributed by atoms with Gasteiger partial charge in [-0.15, -0.1) is 0 Å². The van der Waals surface area contributed by atoms with E-state index in [1.165, 1.54) is 0 Å². The molecule has 0 aromatic heterocycles. The van der Waals surface area contributed by atoms with Gasteiger partial charge in [-0.1, -0.05) is 13.0 Å². The smallest absolute Gasteiger partial charge is 0.466 e. The van der Waals surface area contributed by atoms with Crippen molar-refractivity contribution < 1.29 is 18.8 Å². The first kappa shape index (κ1) is 16.6. The molecule has 0 aromatic rings. The van der Waals surface area contributed by atoms with Crippen LogP contribution in [0, 0.1) is 11.8 Å². The molecule has 21 heavy (non-hydrogen) atoms. The van der Waals surface area contributed by atoms with Crippen LogP contribution >= 0.6 is 0 Å². The third kappa shape index (κ3) is 3.19. The number of allylic oxidation sites excluding steroid dienone is 2. The Morgan fingerprint density at radius 1 is 1.33 bits per heavy atom. The van der Waals surface area contributed by atoms with E-state index in [4.69, 9.17) is 14.0 Å². The predicted octanol–water partition coefficient (Wildman–Crippen LogP) is 3.15. The zero-order valence-electron chi connectivity index (χ0n) is 14.1. The Morgan fingerprint density at radius 3 is 2.38 bits per heavy atom. The molecule has 2 atom stereocenters. The summed E-state index contributed by atoms with van der Waals surface area (Å²) in [6.45, 7) is 12.6. The van der Waals surface area contributed by atoms with Gasteiger partial charge in [0.2, 0.25) is 0 Å². The minimum atomic E-state index is -0.320. The normalized spacial score (nSPS) is 31.0. The maximum Gasteiger partial charge on any atom is 0.490 e. The van der Waals surface area contributed by atoms with Gasteiger partial charge in [0, 0.05) is 0 Å². The van der Waals surface area contributed by atoms with Crippen LogP contribution in [-0.4, -0.2) is 30.9 Å². The topological polar surface area (TPSA) is 44.8 Å². The second-order valence-corrected chi connectivity index (χ2v) is 7.14. The molecular weight excluding hydrogens is 267 g/mol. The summed E-state index contributed by atoms with van der Waals surface area (Å²) in [6.07, 6.45) is 3.63. The average molecular weight is 294 g/mol. The molecule has 2 unspecified atom stereocenters. The summed E-state index contributed by atoms with van der Waals surface area (Å²) in [5.41, 5.74) is 0.515. The fourth-order valence-corrected chi connectivity index (χ4v) is 2.87. The van der Waals surface area contributed by atoms with Crippen molar-refractivity contribution in [1.82, 2.24) is 0 Å². The van der Waals surface area contributed by atoms with Gasteiger partial charge >= 0.3 is 13.1 Å². The number of hydrogen-bond donors (Lipinski definition) is 0. The molecule has 0 aromatic carbocycles. The van der Waals surface area contributed by atoms with Crippen LogP contribution in [0.3, 0.4) is 0 Å². The highest BCUT2D eigenvalue weighted by atomic mass is 16.7. The second-order valence-electron chi connectivity index (χ2n) is 7.14. The SMILES string of the molecule is CCOC(=O)C1CC=C(B2OC(C)(C)C(C)(C)O2)CC1C. The van der Waals surface area contributed by atoms with Crippen molar-refractivity contribution in [2.45, 2.75) is 65.6 Å². The monoisotopic (exact) mass is 294 g/mol. The Hall–Kier alpha value is -0.805. The molecule has 1 aliphatic heterocycles. The highest BCUT2D eigenvalue weighted by Gasteiger charge is 2.52. The molecule has 1 heterocycles. The minimum absolute atomic E-state index is 0.0453. The summed E-state index contributed by atoms with van der Waals surface area (Å²) >= 11 is 0. The van der Waals surface area contributed by atoms with Gasteiger partial charge in [-0.25, -0.2) is 0 Å². The largest absolute Gasteiger partial charge is 0.490 e. The van der Waals surface area contributed by atoms with Crippen LogP contribution < -0.4 is 0 Å². The van der Waals surface area contributed by atoms with E-state index in [9.17, 15) is 4.79 Å². The van der Waals surface area contributed by atoms with E-state index in [0.29, 0.717) is 13.0 Å². The van der Waals surface area contributed by atoms with E-state index in [0.717, 1.165) is 11.9 Å². The highest BCUT2D eigenvalue weighted by molar-refractivity contribution is 6.54. The molecule has 0 amide bonds. The summed E-state index contributed by atoms with van der Waals surface area (Å²) in [4.78, 5) is 11.9. The number of ether oxygens (including phenoxy) is 1. The Bertz CT molecular complexity index is 426. The van der Waals surface area contributed by atoms with Crippen molar-refractivity contribution in [3.8, 4) is 0 Å². The molecule has 5 heteroatoms. The van der Waals surface area contributed by atoms with Gasteiger partial charge in [0.1, 0.15) is 0 Å². The number of esters is 1. The lowest BCUT2D eigenvalue weighted by Gasteiger charge is -2.32. The quantitative estimate of drug-likeness (QED) is 0.592. The number of hydrogen-bond acceptors (Lipinski definition) is 4. The van der Waals surface area contributed by atoms with Crippen molar-refractivity contribution in [2.24, 2.45) is 11.8 Å². The third-order valence-electron chi connectivity index (χ3n) is 5.02. The third-order valence-corrected chi connectivity index (χ3v) is 5.02. The predicted molar refractivity (Wildman–Crippen MR) is 82.7 cm³/mol. The van der Waals surface area contributed by atoms with Crippen LogP contribution in [0.4, 0.5) is 0 Å². The zero-order valence-corrected chi connectivity index (χ0v) is 14.1. The standard InChI is InChI=1S/C16H27BO4/c1-7-19-14(18)13-9-8-12(10-11(13)2)17-20-15(3,4)16(5,6)21-17/h8,11,13H,7,9-10H2,1-6H3. The Morgan fingerprint density at radius 2 is 1.90 bits per heavy atom. The highest BCUT2D eigenvalue weighted by Crippen LogP contribution is 2.41. The molecule has 1 saturated heterocycles. The zero-order chi connectivity index (χ0) is 15.8. The fourth-order valence-electron chi connectivity index (χ4n) is 2.87. The maximum atomic E-state index is 11.9. The molecule has 0 bridgehead atoms. The first-order valence-corrected chi connectivity index (χ1v) is 7.89. The van der Waals surface area contributed by atoms with Gasteiger partial charge in [-0.05, 0) is 58.9 Å². The molecule has 2 rings (SSSR count). The Kier molecular flexibility index (Phi) is 4.55. The van der Waals surface area contributed by atoms with Crippen LogP contribution in [0.5, 0.6) is 0 Å². The summed E-state index contributed by atoms with van der Waals surface area (Å²) in [5.74, 6) is 0.119. The first-order valence-electron chi connectivity index (χ1n) is 7.89. The van der Waals surface area contributed by atoms with Crippen LogP contribution in [0.2, 0.25) is 0 Å². The second kappa shape index (κ2) is 5.77. The van der Waals surface area contributed by atoms with Crippen molar-refractivity contribution in [3.63, 3.8) is 0 Å². The summed E-state index contributed by atoms with van der Waals surface area (Å²) < 4.78 is 17.3. The van der Waals surface area contributed by atoms with Crippen molar-refractivity contribution >= 4 is 13.1 Å². The van der Waals surface area contributed by atoms with E-state index in [1.807, 2.05) is 6.92 Å². The van der Waals surface area contributed by atoms with Gasteiger partial charge in [-0.2, -0.15) is 0 Å². The molecule has 1 fully saturated rings. The van der Waals surface area contributed by atoms with Crippen molar-refractivity contribution in [3.05, 3.63) is 11.5 Å². The maximum absolute atomic E-state index is 11.9. The number of carbonyl (C=O) groups excluding carboxylic acids is 1. The average Bonchev–Trinajstić information content (AvgIpc) is 2.58. The van der Waals surface area contributed by atoms with E-state index < -0.39 is 0 Å². The van der Waals surface area contributed by atoms with Gasteiger partial charge in [-0.3, -0.25) is 4.79 Å². The minimum Gasteiger partial charge on any atom is -0.466 e. The summed E-state index contributed by atoms with van der Waals surface area (Å²) in [7, 11) is -0.291. The lowest BCUT2D eigenvalue weighted by molar-refractivity contribution is -0.149. The molecule has 0 spiro atoms. The molecule has 118 valence electrons. The number of rotatable bonds is 3. The van der Waals surface area contributed by atoms with E-state index in [1.54, 1.807) is 0 Å². The van der Waals surface area contributed by atoms with Crippen LogP contribution in [0.25, 0.3) is 0 Å². The Balaban J connectivity index is 2.06. The van der Waals surface area contributed by atoms with Crippen LogP contribution in [0.1, 0.15) is 54.4 Å². The molecular formula is C16H27BO4. The molecule has 0 radical (unpaired) electrons. The van der Waals surface area contributed by atoms with Gasteiger partial charge in [0.25, 0.3) is 0 Å². The van der Waals surface area contributed by atoms with Gasteiger partial charge < -0.3 is 14.0 Å². The van der Waals surface area contributed by atoms with E-state index in [-0.39, 0.29) is 36.1 Å².